The molecule has 1 aromatic rings. The molecule has 2 nitrogen and oxygen atoms in total. The van der Waals surface area contributed by atoms with Crippen molar-refractivity contribution in [1.29, 1.82) is 0 Å². The summed E-state index contributed by atoms with van der Waals surface area (Å²) >= 11 is 3.20. The van der Waals surface area contributed by atoms with E-state index in [1.807, 2.05) is 0 Å². The molecule has 0 bridgehead atoms. The van der Waals surface area contributed by atoms with Crippen LogP contribution in [-0.4, -0.2) is 19.3 Å². The van der Waals surface area contributed by atoms with Crippen molar-refractivity contribution in [3.8, 4) is 0 Å². The van der Waals surface area contributed by atoms with Crippen molar-refractivity contribution < 1.29 is 17.9 Å². The third-order valence-electron chi connectivity index (χ3n) is 3.34. The summed E-state index contributed by atoms with van der Waals surface area (Å²) in [4.78, 5) is 0. The van der Waals surface area contributed by atoms with E-state index in [0.717, 1.165) is 38.4 Å². The highest BCUT2D eigenvalue weighted by molar-refractivity contribution is 9.10. The minimum atomic E-state index is -4.34. The number of benzene rings is 1. The number of rotatable bonds is 4. The standard InChI is InChI=1S/C14H17BrF3NO/c15-10-4-5-12(14(16,17)18)13(9-10)19-7-6-11-3-1-2-8-20-11/h4-5,9,11,19H,1-3,6-8H2. The highest BCUT2D eigenvalue weighted by atomic mass is 79.9. The summed E-state index contributed by atoms with van der Waals surface area (Å²) in [5.74, 6) is 0. The molecule has 0 radical (unpaired) electrons. The van der Waals surface area contributed by atoms with Crippen LogP contribution in [0.1, 0.15) is 31.2 Å². The maximum atomic E-state index is 12.9. The van der Waals surface area contributed by atoms with Gasteiger partial charge in [0, 0.05) is 23.3 Å². The van der Waals surface area contributed by atoms with Gasteiger partial charge in [0.25, 0.3) is 0 Å². The van der Waals surface area contributed by atoms with Gasteiger partial charge in [0.1, 0.15) is 0 Å². The lowest BCUT2D eigenvalue weighted by atomic mass is 10.1. The third-order valence-corrected chi connectivity index (χ3v) is 3.84. The van der Waals surface area contributed by atoms with Crippen LogP contribution >= 0.6 is 15.9 Å². The van der Waals surface area contributed by atoms with E-state index in [1.54, 1.807) is 0 Å². The molecular weight excluding hydrogens is 335 g/mol. The van der Waals surface area contributed by atoms with Crippen molar-refractivity contribution in [3.05, 3.63) is 28.2 Å². The van der Waals surface area contributed by atoms with Gasteiger partial charge in [-0.25, -0.2) is 0 Å². The molecular formula is C14H17BrF3NO. The predicted octanol–water partition coefficient (Wildman–Crippen LogP) is 4.84. The van der Waals surface area contributed by atoms with Gasteiger partial charge in [-0.2, -0.15) is 13.2 Å². The first-order valence-electron chi connectivity index (χ1n) is 6.69. The molecule has 0 amide bonds. The lowest BCUT2D eigenvalue weighted by molar-refractivity contribution is -0.137. The van der Waals surface area contributed by atoms with Crippen LogP contribution in [0.5, 0.6) is 0 Å². The molecule has 1 atom stereocenters. The summed E-state index contributed by atoms with van der Waals surface area (Å²) in [6, 6.07) is 3.95. The Morgan fingerprint density at radius 2 is 2.10 bits per heavy atom. The molecule has 1 heterocycles. The van der Waals surface area contributed by atoms with E-state index >= 15 is 0 Å². The molecule has 0 saturated carbocycles. The smallest absolute Gasteiger partial charge is 0.384 e. The normalized spacial score (nSPS) is 19.9. The van der Waals surface area contributed by atoms with E-state index in [4.69, 9.17) is 4.74 Å². The molecule has 1 fully saturated rings. The third kappa shape index (κ3) is 4.38. The maximum absolute atomic E-state index is 12.9. The SMILES string of the molecule is FC(F)(F)c1ccc(Br)cc1NCCC1CCCCO1. The number of nitrogens with one attached hydrogen (secondary N) is 1. The van der Waals surface area contributed by atoms with Crippen LogP contribution in [0, 0.1) is 0 Å². The van der Waals surface area contributed by atoms with Crippen molar-refractivity contribution >= 4 is 21.6 Å². The lowest BCUT2D eigenvalue weighted by Crippen LogP contribution is -2.22. The number of alkyl halides is 3. The Hall–Kier alpha value is -0.750. The van der Waals surface area contributed by atoms with Crippen molar-refractivity contribution in [2.45, 2.75) is 38.0 Å². The van der Waals surface area contributed by atoms with Crippen LogP contribution in [0.25, 0.3) is 0 Å². The first-order valence-corrected chi connectivity index (χ1v) is 7.48. The Labute approximate surface area is 124 Å². The predicted molar refractivity (Wildman–Crippen MR) is 75.8 cm³/mol. The summed E-state index contributed by atoms with van der Waals surface area (Å²) in [6.45, 7) is 1.24. The Morgan fingerprint density at radius 1 is 1.30 bits per heavy atom. The summed E-state index contributed by atoms with van der Waals surface area (Å²) in [5.41, 5.74) is -0.520. The lowest BCUT2D eigenvalue weighted by Gasteiger charge is -2.23. The number of halogens is 4. The molecule has 1 aliphatic heterocycles. The fourth-order valence-corrected chi connectivity index (χ4v) is 2.67. The largest absolute Gasteiger partial charge is 0.418 e. The van der Waals surface area contributed by atoms with Crippen molar-refractivity contribution in [2.75, 3.05) is 18.5 Å². The van der Waals surface area contributed by atoms with Crippen LogP contribution < -0.4 is 5.32 Å². The molecule has 1 saturated heterocycles. The molecule has 1 aliphatic rings. The zero-order valence-electron chi connectivity index (χ0n) is 11.0. The molecule has 6 heteroatoms. The molecule has 1 N–H and O–H groups in total. The van der Waals surface area contributed by atoms with Crippen molar-refractivity contribution in [3.63, 3.8) is 0 Å². The van der Waals surface area contributed by atoms with E-state index in [-0.39, 0.29) is 11.8 Å². The second-order valence-corrected chi connectivity index (χ2v) is 5.81. The van der Waals surface area contributed by atoms with E-state index in [9.17, 15) is 13.2 Å². The summed E-state index contributed by atoms with van der Waals surface area (Å²) in [6.07, 6.45) is -0.249. The average molecular weight is 352 g/mol. The highest BCUT2D eigenvalue weighted by Gasteiger charge is 2.33. The van der Waals surface area contributed by atoms with Gasteiger partial charge in [-0.15, -0.1) is 0 Å². The van der Waals surface area contributed by atoms with E-state index in [2.05, 4.69) is 21.2 Å². The maximum Gasteiger partial charge on any atom is 0.418 e. The van der Waals surface area contributed by atoms with Gasteiger partial charge in [-0.3, -0.25) is 0 Å². The number of ether oxygens (including phenoxy) is 1. The minimum absolute atomic E-state index is 0.114. The van der Waals surface area contributed by atoms with Crippen molar-refractivity contribution in [1.82, 2.24) is 0 Å². The van der Waals surface area contributed by atoms with Crippen LogP contribution in [-0.2, 0) is 10.9 Å². The second-order valence-electron chi connectivity index (χ2n) is 4.89. The zero-order valence-corrected chi connectivity index (χ0v) is 12.6. The topological polar surface area (TPSA) is 21.3 Å². The Kier molecular flexibility index (Phi) is 5.32. The van der Waals surface area contributed by atoms with Gasteiger partial charge >= 0.3 is 6.18 Å². The molecule has 2 rings (SSSR count). The summed E-state index contributed by atoms with van der Waals surface area (Å²) < 4.78 is 44.8. The zero-order chi connectivity index (χ0) is 14.6. The summed E-state index contributed by atoms with van der Waals surface area (Å²) in [7, 11) is 0. The number of hydrogen-bond donors (Lipinski definition) is 1. The number of hydrogen-bond acceptors (Lipinski definition) is 2. The average Bonchev–Trinajstić information content (AvgIpc) is 2.38. The Morgan fingerprint density at radius 3 is 2.75 bits per heavy atom. The monoisotopic (exact) mass is 351 g/mol. The van der Waals surface area contributed by atoms with E-state index < -0.39 is 11.7 Å². The first-order chi connectivity index (χ1) is 9.47. The van der Waals surface area contributed by atoms with Gasteiger partial charge in [0.05, 0.1) is 11.7 Å². The fraction of sp³-hybridized carbons (Fsp3) is 0.571. The Bertz CT molecular complexity index is 445. The molecule has 20 heavy (non-hydrogen) atoms. The molecule has 0 aromatic heterocycles. The minimum Gasteiger partial charge on any atom is -0.384 e. The molecule has 1 aromatic carbocycles. The van der Waals surface area contributed by atoms with E-state index in [0.29, 0.717) is 11.0 Å². The van der Waals surface area contributed by atoms with Gasteiger partial charge in [-0.05, 0) is 43.9 Å². The molecule has 0 spiro atoms. The Balaban J connectivity index is 1.95. The highest BCUT2D eigenvalue weighted by Crippen LogP contribution is 2.36. The van der Waals surface area contributed by atoms with Gasteiger partial charge < -0.3 is 10.1 Å². The van der Waals surface area contributed by atoms with Gasteiger partial charge in [0.2, 0.25) is 0 Å². The molecule has 1 unspecified atom stereocenters. The van der Waals surface area contributed by atoms with Crippen LogP contribution in [0.4, 0.5) is 18.9 Å². The van der Waals surface area contributed by atoms with Crippen LogP contribution in [0.3, 0.4) is 0 Å². The number of anilines is 1. The second kappa shape index (κ2) is 6.80. The fourth-order valence-electron chi connectivity index (χ4n) is 2.31. The van der Waals surface area contributed by atoms with E-state index in [1.165, 1.54) is 12.1 Å². The quantitative estimate of drug-likeness (QED) is 0.837. The van der Waals surface area contributed by atoms with Crippen LogP contribution in [0.15, 0.2) is 22.7 Å². The molecule has 0 aliphatic carbocycles. The van der Waals surface area contributed by atoms with Crippen LogP contribution in [0.2, 0.25) is 0 Å². The first kappa shape index (κ1) is 15.6. The molecule has 112 valence electrons. The van der Waals surface area contributed by atoms with Crippen molar-refractivity contribution in [2.24, 2.45) is 0 Å². The van der Waals surface area contributed by atoms with Gasteiger partial charge in [-0.1, -0.05) is 15.9 Å². The van der Waals surface area contributed by atoms with Gasteiger partial charge in [0.15, 0.2) is 0 Å². The summed E-state index contributed by atoms with van der Waals surface area (Å²) in [5, 5.41) is 2.88.